The fraction of sp³-hybridized carbons (Fsp3) is 0.467. The third-order valence-electron chi connectivity index (χ3n) is 3.07. The van der Waals surface area contributed by atoms with Gasteiger partial charge in [0.1, 0.15) is 11.6 Å². The fourth-order valence-electron chi connectivity index (χ4n) is 2.16. The lowest BCUT2D eigenvalue weighted by Gasteiger charge is -2.13. The van der Waals surface area contributed by atoms with Crippen molar-refractivity contribution >= 4 is 15.9 Å². The normalized spacial score (nSPS) is 10.9. The molecule has 2 heterocycles. The van der Waals surface area contributed by atoms with Crippen molar-refractivity contribution in [2.75, 3.05) is 6.54 Å². The minimum absolute atomic E-state index is 0.819. The summed E-state index contributed by atoms with van der Waals surface area (Å²) in [4.78, 5) is 9.01. The van der Waals surface area contributed by atoms with E-state index in [4.69, 9.17) is 0 Å². The van der Waals surface area contributed by atoms with Crippen LogP contribution in [0.1, 0.15) is 38.1 Å². The molecule has 2 aromatic rings. The lowest BCUT2D eigenvalue weighted by molar-refractivity contribution is 0.667. The largest absolute Gasteiger partial charge is 0.313 e. The van der Waals surface area contributed by atoms with Crippen LogP contribution in [0.3, 0.4) is 0 Å². The first-order chi connectivity index (χ1) is 9.76. The predicted octanol–water partition coefficient (Wildman–Crippen LogP) is 3.48. The zero-order chi connectivity index (χ0) is 14.4. The summed E-state index contributed by atoms with van der Waals surface area (Å²) in [5, 5.41) is 3.44. The van der Waals surface area contributed by atoms with Crippen LogP contribution in [0, 0.1) is 0 Å². The van der Waals surface area contributed by atoms with Crippen molar-refractivity contribution in [2.24, 2.45) is 0 Å². The molecule has 0 amide bonds. The van der Waals surface area contributed by atoms with Gasteiger partial charge in [-0.3, -0.25) is 4.57 Å². The van der Waals surface area contributed by atoms with Gasteiger partial charge in [0.25, 0.3) is 0 Å². The molecule has 0 atom stereocenters. The number of imidazole rings is 1. The summed E-state index contributed by atoms with van der Waals surface area (Å²) in [6, 6.07) is 2.13. The minimum Gasteiger partial charge on any atom is -0.313 e. The van der Waals surface area contributed by atoms with Gasteiger partial charge >= 0.3 is 0 Å². The Labute approximate surface area is 128 Å². The van der Waals surface area contributed by atoms with E-state index in [2.05, 4.69) is 55.7 Å². The molecule has 0 aliphatic rings. The first kappa shape index (κ1) is 15.2. The topological polar surface area (TPSA) is 42.7 Å². The number of nitrogens with one attached hydrogen (secondary N) is 1. The van der Waals surface area contributed by atoms with E-state index < -0.39 is 0 Å². The van der Waals surface area contributed by atoms with Crippen LogP contribution in [0.25, 0.3) is 5.82 Å². The van der Waals surface area contributed by atoms with Crippen LogP contribution >= 0.6 is 15.9 Å². The van der Waals surface area contributed by atoms with Crippen molar-refractivity contribution in [1.82, 2.24) is 19.9 Å². The molecule has 0 aliphatic carbocycles. The average molecular weight is 337 g/mol. The first-order valence-electron chi connectivity index (χ1n) is 7.14. The number of pyridine rings is 1. The molecule has 1 N–H and O–H groups in total. The third-order valence-corrected chi connectivity index (χ3v) is 3.50. The minimum atomic E-state index is 0.819. The van der Waals surface area contributed by atoms with Gasteiger partial charge < -0.3 is 5.32 Å². The standard InChI is InChI=1S/C15H21BrN4/c1-3-5-14-18-7-8-20(14)15-12(10-17-6-4-2)9-13(16)11-19-15/h7-9,11,17H,3-6,10H2,1-2H3. The second-order valence-corrected chi connectivity index (χ2v) is 5.69. The SMILES string of the molecule is CCCNCc1cc(Br)cnc1-n1ccnc1CCC. The Morgan fingerprint density at radius 3 is 2.85 bits per heavy atom. The number of aryl methyl sites for hydroxylation is 1. The fourth-order valence-corrected chi connectivity index (χ4v) is 2.54. The Morgan fingerprint density at radius 2 is 2.10 bits per heavy atom. The van der Waals surface area contributed by atoms with Gasteiger partial charge in [-0.25, -0.2) is 9.97 Å². The summed E-state index contributed by atoms with van der Waals surface area (Å²) in [5.74, 6) is 2.04. The van der Waals surface area contributed by atoms with Crippen LogP contribution in [0.4, 0.5) is 0 Å². The summed E-state index contributed by atoms with van der Waals surface area (Å²) in [7, 11) is 0. The molecule has 5 heteroatoms. The van der Waals surface area contributed by atoms with Gasteiger partial charge in [0.2, 0.25) is 0 Å². The smallest absolute Gasteiger partial charge is 0.142 e. The molecular formula is C15H21BrN4. The molecule has 0 saturated carbocycles. The Hall–Kier alpha value is -1.20. The first-order valence-corrected chi connectivity index (χ1v) is 7.93. The summed E-state index contributed by atoms with van der Waals surface area (Å²) in [5.41, 5.74) is 1.18. The summed E-state index contributed by atoms with van der Waals surface area (Å²) >= 11 is 3.50. The van der Waals surface area contributed by atoms with E-state index in [1.54, 1.807) is 0 Å². The van der Waals surface area contributed by atoms with E-state index in [1.807, 2.05) is 18.6 Å². The molecule has 20 heavy (non-hydrogen) atoms. The highest BCUT2D eigenvalue weighted by molar-refractivity contribution is 9.10. The molecule has 0 radical (unpaired) electrons. The second kappa shape index (κ2) is 7.55. The van der Waals surface area contributed by atoms with Crippen molar-refractivity contribution in [2.45, 2.75) is 39.7 Å². The molecule has 0 spiro atoms. The van der Waals surface area contributed by atoms with Crippen molar-refractivity contribution in [3.63, 3.8) is 0 Å². The van der Waals surface area contributed by atoms with Crippen LogP contribution in [0.5, 0.6) is 0 Å². The zero-order valence-electron chi connectivity index (χ0n) is 12.1. The Kier molecular flexibility index (Phi) is 5.73. The lowest BCUT2D eigenvalue weighted by atomic mass is 10.2. The van der Waals surface area contributed by atoms with Gasteiger partial charge in [0, 0.05) is 41.6 Å². The maximum absolute atomic E-state index is 4.58. The summed E-state index contributed by atoms with van der Waals surface area (Å²) in [6.07, 6.45) is 8.85. The van der Waals surface area contributed by atoms with E-state index in [9.17, 15) is 0 Å². The van der Waals surface area contributed by atoms with E-state index in [-0.39, 0.29) is 0 Å². The van der Waals surface area contributed by atoms with Crippen LogP contribution < -0.4 is 5.32 Å². The maximum Gasteiger partial charge on any atom is 0.142 e. The highest BCUT2D eigenvalue weighted by Crippen LogP contribution is 2.19. The van der Waals surface area contributed by atoms with E-state index >= 15 is 0 Å². The average Bonchev–Trinajstić information content (AvgIpc) is 2.88. The number of hydrogen-bond acceptors (Lipinski definition) is 3. The molecule has 0 aliphatic heterocycles. The van der Waals surface area contributed by atoms with Crippen molar-refractivity contribution in [1.29, 1.82) is 0 Å². The van der Waals surface area contributed by atoms with Crippen LogP contribution in [-0.2, 0) is 13.0 Å². The third kappa shape index (κ3) is 3.67. The van der Waals surface area contributed by atoms with E-state index in [0.29, 0.717) is 0 Å². The zero-order valence-corrected chi connectivity index (χ0v) is 13.7. The number of hydrogen-bond donors (Lipinski definition) is 1. The van der Waals surface area contributed by atoms with Crippen molar-refractivity contribution in [3.05, 3.63) is 40.5 Å². The quantitative estimate of drug-likeness (QED) is 0.787. The van der Waals surface area contributed by atoms with Crippen LogP contribution in [0.2, 0.25) is 0 Å². The molecular weight excluding hydrogens is 316 g/mol. The molecule has 108 valence electrons. The molecule has 0 aromatic carbocycles. The molecule has 0 saturated heterocycles. The molecule has 2 rings (SSSR count). The Bertz CT molecular complexity index is 551. The Morgan fingerprint density at radius 1 is 1.25 bits per heavy atom. The highest BCUT2D eigenvalue weighted by Gasteiger charge is 2.10. The molecule has 4 nitrogen and oxygen atoms in total. The van der Waals surface area contributed by atoms with Crippen LogP contribution in [0.15, 0.2) is 29.1 Å². The van der Waals surface area contributed by atoms with E-state index in [0.717, 1.165) is 48.5 Å². The maximum atomic E-state index is 4.58. The van der Waals surface area contributed by atoms with Gasteiger partial charge in [-0.15, -0.1) is 0 Å². The van der Waals surface area contributed by atoms with Crippen molar-refractivity contribution in [3.8, 4) is 5.82 Å². The van der Waals surface area contributed by atoms with Gasteiger partial charge in [0.05, 0.1) is 0 Å². The van der Waals surface area contributed by atoms with Crippen molar-refractivity contribution < 1.29 is 0 Å². The van der Waals surface area contributed by atoms with Gasteiger partial charge in [0.15, 0.2) is 0 Å². The summed E-state index contributed by atoms with van der Waals surface area (Å²) in [6.45, 7) is 6.16. The van der Waals surface area contributed by atoms with Gasteiger partial charge in [-0.05, 0) is 41.4 Å². The molecule has 0 bridgehead atoms. The highest BCUT2D eigenvalue weighted by atomic mass is 79.9. The molecule has 0 unspecified atom stereocenters. The second-order valence-electron chi connectivity index (χ2n) is 4.78. The number of halogens is 1. The van der Waals surface area contributed by atoms with Gasteiger partial charge in [-0.2, -0.15) is 0 Å². The Balaban J connectivity index is 2.31. The lowest BCUT2D eigenvalue weighted by Crippen LogP contribution is -2.16. The molecule has 0 fully saturated rings. The number of nitrogens with zero attached hydrogens (tertiary/aromatic N) is 3. The number of aromatic nitrogens is 3. The van der Waals surface area contributed by atoms with E-state index in [1.165, 1.54) is 5.56 Å². The predicted molar refractivity (Wildman–Crippen MR) is 85.1 cm³/mol. The van der Waals surface area contributed by atoms with Gasteiger partial charge in [-0.1, -0.05) is 13.8 Å². The van der Waals surface area contributed by atoms with Crippen LogP contribution in [-0.4, -0.2) is 21.1 Å². The molecule has 2 aromatic heterocycles. The number of rotatable bonds is 7. The monoisotopic (exact) mass is 336 g/mol. The summed E-state index contributed by atoms with van der Waals surface area (Å²) < 4.78 is 3.10.